The molecule has 1 atom stereocenters. The van der Waals surface area contributed by atoms with Crippen LogP contribution in [0.4, 0.5) is 0 Å². The zero-order chi connectivity index (χ0) is 19.8. The Labute approximate surface area is 175 Å². The minimum Gasteiger partial charge on any atom is -0.341 e. The van der Waals surface area contributed by atoms with Crippen LogP contribution in [0.25, 0.3) is 0 Å². The molecule has 1 amide bonds. The van der Waals surface area contributed by atoms with E-state index in [1.165, 1.54) is 11.3 Å². The number of hydrogen-bond donors (Lipinski definition) is 0. The Morgan fingerprint density at radius 3 is 2.46 bits per heavy atom. The maximum Gasteiger partial charge on any atom is 0.233 e. The van der Waals surface area contributed by atoms with Gasteiger partial charge in [0.15, 0.2) is 9.84 Å². The molecule has 1 aliphatic carbocycles. The maximum absolute atomic E-state index is 13.7. The van der Waals surface area contributed by atoms with Crippen LogP contribution >= 0.6 is 22.9 Å². The van der Waals surface area contributed by atoms with Crippen molar-refractivity contribution in [3.8, 4) is 0 Å². The van der Waals surface area contributed by atoms with Crippen LogP contribution in [-0.2, 0) is 20.0 Å². The second kappa shape index (κ2) is 7.81. The zero-order valence-corrected chi connectivity index (χ0v) is 18.0. The molecule has 28 heavy (non-hydrogen) atoms. The lowest BCUT2D eigenvalue weighted by Gasteiger charge is -2.34. The van der Waals surface area contributed by atoms with Gasteiger partial charge < -0.3 is 4.90 Å². The van der Waals surface area contributed by atoms with Gasteiger partial charge in [0.25, 0.3) is 0 Å². The summed E-state index contributed by atoms with van der Waals surface area (Å²) < 4.78 is 25.7. The first-order valence-corrected chi connectivity index (χ1v) is 12.7. The lowest BCUT2D eigenvalue weighted by molar-refractivity contribution is -0.137. The number of carbonyl (C=O) groups excluding carboxylic acids is 1. The van der Waals surface area contributed by atoms with E-state index in [1.54, 1.807) is 4.90 Å². The van der Waals surface area contributed by atoms with E-state index in [0.29, 0.717) is 18.0 Å². The van der Waals surface area contributed by atoms with Gasteiger partial charge in [-0.05, 0) is 48.4 Å². The molecule has 1 saturated carbocycles. The first kappa shape index (κ1) is 19.9. The molecule has 0 unspecified atom stereocenters. The van der Waals surface area contributed by atoms with E-state index >= 15 is 0 Å². The number of amides is 1. The van der Waals surface area contributed by atoms with Crippen LogP contribution in [0.1, 0.15) is 47.8 Å². The highest BCUT2D eigenvalue weighted by Gasteiger charge is 2.46. The third-order valence-corrected chi connectivity index (χ3v) is 9.65. The number of thiophene rings is 1. The molecule has 1 aromatic heterocycles. The van der Waals surface area contributed by atoms with Gasteiger partial charge in [-0.25, -0.2) is 8.42 Å². The molecule has 0 radical (unpaired) electrons. The summed E-state index contributed by atoms with van der Waals surface area (Å²) >= 11 is 7.53. The van der Waals surface area contributed by atoms with Crippen molar-refractivity contribution in [1.29, 1.82) is 0 Å². The number of halogens is 1. The molecule has 4 nitrogen and oxygen atoms in total. The van der Waals surface area contributed by atoms with E-state index < -0.39 is 20.5 Å². The molecule has 2 aliphatic rings. The summed E-state index contributed by atoms with van der Waals surface area (Å²) in [7, 11) is -3.26. The topological polar surface area (TPSA) is 54.5 Å². The largest absolute Gasteiger partial charge is 0.341 e. The third-order valence-electron chi connectivity index (χ3n) is 6.15. The van der Waals surface area contributed by atoms with E-state index in [1.807, 2.05) is 41.8 Å². The number of rotatable bonds is 3. The van der Waals surface area contributed by atoms with Crippen molar-refractivity contribution in [1.82, 2.24) is 4.90 Å². The minimum absolute atomic E-state index is 0.0258. The van der Waals surface area contributed by atoms with E-state index in [4.69, 9.17) is 11.6 Å². The third kappa shape index (κ3) is 3.62. The lowest BCUT2D eigenvalue weighted by atomic mass is 9.77. The molecule has 1 aliphatic heterocycles. The van der Waals surface area contributed by atoms with Crippen molar-refractivity contribution < 1.29 is 13.2 Å². The average molecular weight is 438 g/mol. The number of benzene rings is 1. The van der Waals surface area contributed by atoms with Gasteiger partial charge >= 0.3 is 0 Å². The lowest BCUT2D eigenvalue weighted by Crippen LogP contribution is -2.46. The van der Waals surface area contributed by atoms with Gasteiger partial charge in [0.2, 0.25) is 5.91 Å². The monoisotopic (exact) mass is 437 g/mol. The number of nitrogens with zero attached hydrogens (tertiary/aromatic N) is 1. The summed E-state index contributed by atoms with van der Waals surface area (Å²) in [6.45, 7) is 0.758. The summed E-state index contributed by atoms with van der Waals surface area (Å²) in [6, 6.07) is 11.4. The molecule has 2 fully saturated rings. The molecule has 4 rings (SSSR count). The molecule has 150 valence electrons. The quantitative estimate of drug-likeness (QED) is 0.704. The van der Waals surface area contributed by atoms with Gasteiger partial charge in [-0.15, -0.1) is 11.3 Å². The first-order chi connectivity index (χ1) is 13.4. The molecule has 0 bridgehead atoms. The van der Waals surface area contributed by atoms with E-state index in [-0.39, 0.29) is 18.2 Å². The van der Waals surface area contributed by atoms with E-state index in [2.05, 4.69) is 0 Å². The summed E-state index contributed by atoms with van der Waals surface area (Å²) in [5.41, 5.74) is 0.457. The smallest absolute Gasteiger partial charge is 0.233 e. The Morgan fingerprint density at radius 2 is 1.82 bits per heavy atom. The maximum atomic E-state index is 13.7. The van der Waals surface area contributed by atoms with Gasteiger partial charge in [0.05, 0.1) is 16.4 Å². The normalized spacial score (nSPS) is 24.0. The number of carbonyl (C=O) groups is 1. The molecule has 0 spiro atoms. The van der Waals surface area contributed by atoms with Gasteiger partial charge in [-0.2, -0.15) is 0 Å². The molecule has 2 aromatic rings. The van der Waals surface area contributed by atoms with Crippen molar-refractivity contribution in [3.63, 3.8) is 0 Å². The Kier molecular flexibility index (Phi) is 5.55. The van der Waals surface area contributed by atoms with Crippen LogP contribution < -0.4 is 0 Å². The van der Waals surface area contributed by atoms with Gasteiger partial charge in [-0.1, -0.05) is 42.6 Å². The van der Waals surface area contributed by atoms with Crippen LogP contribution in [0.2, 0.25) is 5.02 Å². The van der Waals surface area contributed by atoms with Crippen LogP contribution in [0.5, 0.6) is 0 Å². The molecule has 0 N–H and O–H groups in total. The standard InChI is InChI=1S/C21H24ClNO3S2/c22-17-7-5-16(6-8-17)21(10-1-2-11-21)20(24)23-12-9-19(18-4-3-14-27-18)28(25,26)15-13-23/h3-8,14,19H,1-2,9-13,15H2/t19-/m0/s1. The SMILES string of the molecule is O=C(N1CC[C@@H](c2cccs2)S(=O)(=O)CC1)C1(c2ccc(Cl)cc2)CCCC1. The highest BCUT2D eigenvalue weighted by atomic mass is 35.5. The Morgan fingerprint density at radius 1 is 1.11 bits per heavy atom. The van der Waals surface area contributed by atoms with Crippen LogP contribution in [0.3, 0.4) is 0 Å². The summed E-state index contributed by atoms with van der Waals surface area (Å²) in [5, 5.41) is 2.07. The Bertz CT molecular complexity index is 933. The van der Waals surface area contributed by atoms with E-state index in [9.17, 15) is 13.2 Å². The van der Waals surface area contributed by atoms with Crippen LogP contribution in [0, 0.1) is 0 Å². The summed E-state index contributed by atoms with van der Waals surface area (Å²) in [6.07, 6.45) is 4.11. The summed E-state index contributed by atoms with van der Waals surface area (Å²) in [5.74, 6) is 0.104. The molecule has 7 heteroatoms. The average Bonchev–Trinajstić information content (AvgIpc) is 3.34. The van der Waals surface area contributed by atoms with Crippen LogP contribution in [0.15, 0.2) is 41.8 Å². The highest BCUT2D eigenvalue weighted by Crippen LogP contribution is 2.43. The molecule has 2 heterocycles. The van der Waals surface area contributed by atoms with Gasteiger partial charge in [0, 0.05) is 23.0 Å². The van der Waals surface area contributed by atoms with E-state index in [0.717, 1.165) is 36.1 Å². The van der Waals surface area contributed by atoms with Gasteiger partial charge in [-0.3, -0.25) is 4.79 Å². The first-order valence-electron chi connectivity index (χ1n) is 9.73. The van der Waals surface area contributed by atoms with Crippen molar-refractivity contribution in [3.05, 3.63) is 57.2 Å². The second-order valence-corrected chi connectivity index (χ2v) is 11.5. The Balaban J connectivity index is 1.61. The van der Waals surface area contributed by atoms with Crippen molar-refractivity contribution >= 4 is 38.7 Å². The Hall–Kier alpha value is -1.37. The zero-order valence-electron chi connectivity index (χ0n) is 15.6. The van der Waals surface area contributed by atoms with Crippen molar-refractivity contribution in [2.75, 3.05) is 18.8 Å². The van der Waals surface area contributed by atoms with Gasteiger partial charge in [0.1, 0.15) is 0 Å². The predicted molar refractivity (Wildman–Crippen MR) is 114 cm³/mol. The molecule has 1 saturated heterocycles. The summed E-state index contributed by atoms with van der Waals surface area (Å²) in [4.78, 5) is 16.3. The number of hydrogen-bond acceptors (Lipinski definition) is 4. The van der Waals surface area contributed by atoms with Crippen LogP contribution in [-0.4, -0.2) is 38.1 Å². The number of sulfone groups is 1. The fourth-order valence-electron chi connectivity index (χ4n) is 4.62. The molecular formula is C21H24ClNO3S2. The molecular weight excluding hydrogens is 414 g/mol. The minimum atomic E-state index is -3.26. The van der Waals surface area contributed by atoms with Crippen molar-refractivity contribution in [2.45, 2.75) is 42.8 Å². The highest BCUT2D eigenvalue weighted by molar-refractivity contribution is 7.91. The fraction of sp³-hybridized carbons (Fsp3) is 0.476. The fourth-order valence-corrected chi connectivity index (χ4v) is 7.75. The predicted octanol–water partition coefficient (Wildman–Crippen LogP) is 4.60. The molecule has 1 aromatic carbocycles. The second-order valence-electron chi connectivity index (χ2n) is 7.75. The van der Waals surface area contributed by atoms with Crippen molar-refractivity contribution in [2.24, 2.45) is 0 Å².